The van der Waals surface area contributed by atoms with Gasteiger partial charge in [0.2, 0.25) is 0 Å². The molecule has 0 aliphatic heterocycles. The van der Waals surface area contributed by atoms with Crippen LogP contribution in [0.1, 0.15) is 11.1 Å². The monoisotopic (exact) mass is 337 g/mol. The number of methoxy groups -OCH3 is 1. The van der Waals surface area contributed by atoms with Crippen LogP contribution in [0.4, 0.5) is 13.2 Å². The number of nitrogens with zero attached hydrogens (tertiary/aromatic N) is 1. The van der Waals surface area contributed by atoms with Gasteiger partial charge in [-0.2, -0.15) is 5.26 Å². The van der Waals surface area contributed by atoms with E-state index in [-0.39, 0.29) is 22.0 Å². The van der Waals surface area contributed by atoms with Gasteiger partial charge in [0, 0.05) is 0 Å². The Hall–Kier alpha value is -1.75. The molecule has 1 rings (SSSR count). The molecule has 8 heteroatoms. The molecular formula is C11H7BrF3NO3. The number of hydrogen-bond donors (Lipinski definition) is 0. The molecule has 0 aliphatic carbocycles. The van der Waals surface area contributed by atoms with Crippen LogP contribution in [0, 0.1) is 11.3 Å². The minimum Gasteiger partial charge on any atom is -0.469 e. The van der Waals surface area contributed by atoms with Crippen LogP contribution in [0.3, 0.4) is 0 Å². The van der Waals surface area contributed by atoms with Crippen LogP contribution in [-0.2, 0) is 16.0 Å². The Bertz CT molecular complexity index is 537. The highest BCUT2D eigenvalue weighted by Gasteiger charge is 2.34. The minimum absolute atomic E-state index is 0.0324. The van der Waals surface area contributed by atoms with Gasteiger partial charge in [-0.3, -0.25) is 4.79 Å². The maximum Gasteiger partial charge on any atom is 0.573 e. The number of hydrogen-bond acceptors (Lipinski definition) is 4. The summed E-state index contributed by atoms with van der Waals surface area (Å²) in [5.74, 6) is -1.34. The Morgan fingerprint density at radius 1 is 1.47 bits per heavy atom. The van der Waals surface area contributed by atoms with E-state index >= 15 is 0 Å². The Balaban J connectivity index is 3.26. The fourth-order valence-corrected chi connectivity index (χ4v) is 1.72. The average molecular weight is 338 g/mol. The normalized spacial score (nSPS) is 10.7. The fourth-order valence-electron chi connectivity index (χ4n) is 1.31. The first-order chi connectivity index (χ1) is 8.78. The quantitative estimate of drug-likeness (QED) is 0.795. The van der Waals surface area contributed by atoms with Gasteiger partial charge >= 0.3 is 12.3 Å². The molecular weight excluding hydrogens is 331 g/mol. The van der Waals surface area contributed by atoms with Crippen LogP contribution in [0.5, 0.6) is 5.75 Å². The maximum atomic E-state index is 12.3. The second-order valence-corrected chi connectivity index (χ2v) is 4.18. The van der Waals surface area contributed by atoms with E-state index in [4.69, 9.17) is 5.26 Å². The van der Waals surface area contributed by atoms with E-state index in [2.05, 4.69) is 25.4 Å². The van der Waals surface area contributed by atoms with Crippen molar-refractivity contribution in [2.75, 3.05) is 7.11 Å². The standard InChI is InChI=1S/C11H7BrF3NO3/c1-18-9(17)4-6-2-3-8(12)10(7(6)5-16)19-11(13,14)15/h2-3H,4H2,1H3. The number of rotatable bonds is 3. The second-order valence-electron chi connectivity index (χ2n) is 3.32. The van der Waals surface area contributed by atoms with Crippen LogP contribution in [0.25, 0.3) is 0 Å². The summed E-state index contributed by atoms with van der Waals surface area (Å²) >= 11 is 2.87. The average Bonchev–Trinajstić information content (AvgIpc) is 2.31. The zero-order chi connectivity index (χ0) is 14.6. The molecule has 1 aromatic carbocycles. The molecule has 0 radical (unpaired) electrons. The topological polar surface area (TPSA) is 59.3 Å². The van der Waals surface area contributed by atoms with Gasteiger partial charge in [-0.15, -0.1) is 13.2 Å². The van der Waals surface area contributed by atoms with Gasteiger partial charge in [-0.25, -0.2) is 0 Å². The number of nitriles is 1. The predicted molar refractivity (Wildman–Crippen MR) is 61.3 cm³/mol. The number of carbonyl (C=O) groups is 1. The van der Waals surface area contributed by atoms with Crippen LogP contribution in [0.15, 0.2) is 16.6 Å². The summed E-state index contributed by atoms with van der Waals surface area (Å²) in [5, 5.41) is 8.94. The lowest BCUT2D eigenvalue weighted by molar-refractivity contribution is -0.275. The molecule has 1 aromatic rings. The zero-order valence-corrected chi connectivity index (χ0v) is 11.1. The van der Waals surface area contributed by atoms with Crippen molar-refractivity contribution in [1.82, 2.24) is 0 Å². The summed E-state index contributed by atoms with van der Waals surface area (Å²) in [7, 11) is 1.14. The third-order valence-corrected chi connectivity index (χ3v) is 2.71. The van der Waals surface area contributed by atoms with Gasteiger partial charge in [-0.1, -0.05) is 6.07 Å². The third-order valence-electron chi connectivity index (χ3n) is 2.09. The summed E-state index contributed by atoms with van der Waals surface area (Å²) in [6.45, 7) is 0. The Morgan fingerprint density at radius 3 is 2.58 bits per heavy atom. The minimum atomic E-state index is -4.93. The SMILES string of the molecule is COC(=O)Cc1ccc(Br)c(OC(F)(F)F)c1C#N. The summed E-state index contributed by atoms with van der Waals surface area (Å²) in [6.07, 6.45) is -5.25. The predicted octanol–water partition coefficient (Wildman–Crippen LogP) is 2.93. The number of ether oxygens (including phenoxy) is 2. The van der Waals surface area contributed by atoms with Crippen molar-refractivity contribution in [3.8, 4) is 11.8 Å². The molecule has 0 saturated carbocycles. The smallest absolute Gasteiger partial charge is 0.469 e. The summed E-state index contributed by atoms with van der Waals surface area (Å²) in [6, 6.07) is 4.21. The first-order valence-electron chi connectivity index (χ1n) is 4.82. The molecule has 0 saturated heterocycles. The maximum absolute atomic E-state index is 12.3. The molecule has 0 atom stereocenters. The van der Waals surface area contributed by atoms with Crippen molar-refractivity contribution < 1.29 is 27.4 Å². The first kappa shape index (κ1) is 15.3. The largest absolute Gasteiger partial charge is 0.573 e. The molecule has 0 N–H and O–H groups in total. The van der Waals surface area contributed by atoms with Crippen molar-refractivity contribution in [3.05, 3.63) is 27.7 Å². The summed E-state index contributed by atoms with van der Waals surface area (Å²) < 4.78 is 44.9. The molecule has 102 valence electrons. The van der Waals surface area contributed by atoms with Crippen molar-refractivity contribution >= 4 is 21.9 Å². The van der Waals surface area contributed by atoms with Gasteiger partial charge in [0.25, 0.3) is 0 Å². The Labute approximate surface area is 114 Å². The fraction of sp³-hybridized carbons (Fsp3) is 0.273. The zero-order valence-electron chi connectivity index (χ0n) is 9.55. The lowest BCUT2D eigenvalue weighted by Crippen LogP contribution is -2.19. The molecule has 4 nitrogen and oxygen atoms in total. The molecule has 0 bridgehead atoms. The first-order valence-corrected chi connectivity index (χ1v) is 5.62. The second kappa shape index (κ2) is 5.93. The highest BCUT2D eigenvalue weighted by Crippen LogP contribution is 2.35. The van der Waals surface area contributed by atoms with Crippen molar-refractivity contribution in [2.24, 2.45) is 0 Å². The molecule has 0 amide bonds. The summed E-state index contributed by atoms with van der Waals surface area (Å²) in [5.41, 5.74) is -0.270. The Kier molecular flexibility index (Phi) is 4.78. The number of carbonyl (C=O) groups excluding carboxylic acids is 1. The van der Waals surface area contributed by atoms with Gasteiger partial charge < -0.3 is 9.47 Å². The van der Waals surface area contributed by atoms with Crippen molar-refractivity contribution in [3.63, 3.8) is 0 Å². The molecule has 0 aromatic heterocycles. The molecule has 0 spiro atoms. The highest BCUT2D eigenvalue weighted by atomic mass is 79.9. The van der Waals surface area contributed by atoms with Crippen molar-refractivity contribution in [1.29, 1.82) is 5.26 Å². The van der Waals surface area contributed by atoms with E-state index in [1.54, 1.807) is 6.07 Å². The van der Waals surface area contributed by atoms with Crippen LogP contribution < -0.4 is 4.74 Å². The lowest BCUT2D eigenvalue weighted by atomic mass is 10.0. The molecule has 0 aliphatic rings. The number of benzene rings is 1. The van der Waals surface area contributed by atoms with E-state index < -0.39 is 18.1 Å². The molecule has 0 heterocycles. The van der Waals surface area contributed by atoms with Crippen LogP contribution >= 0.6 is 15.9 Å². The van der Waals surface area contributed by atoms with Gasteiger partial charge in [0.15, 0.2) is 5.75 Å². The van der Waals surface area contributed by atoms with E-state index in [9.17, 15) is 18.0 Å². The van der Waals surface area contributed by atoms with E-state index in [1.165, 1.54) is 12.1 Å². The van der Waals surface area contributed by atoms with Crippen LogP contribution in [-0.4, -0.2) is 19.4 Å². The third kappa shape index (κ3) is 4.13. The number of alkyl halides is 3. The summed E-state index contributed by atoms with van der Waals surface area (Å²) in [4.78, 5) is 11.1. The van der Waals surface area contributed by atoms with Gasteiger partial charge in [-0.05, 0) is 27.6 Å². The van der Waals surface area contributed by atoms with E-state index in [0.717, 1.165) is 7.11 Å². The van der Waals surface area contributed by atoms with Crippen LogP contribution in [0.2, 0.25) is 0 Å². The lowest BCUT2D eigenvalue weighted by Gasteiger charge is -2.14. The van der Waals surface area contributed by atoms with Gasteiger partial charge in [0.1, 0.15) is 6.07 Å². The molecule has 0 fully saturated rings. The van der Waals surface area contributed by atoms with E-state index in [0.29, 0.717) is 0 Å². The number of esters is 1. The van der Waals surface area contributed by atoms with Gasteiger partial charge in [0.05, 0.1) is 23.6 Å². The molecule has 0 unspecified atom stereocenters. The molecule has 19 heavy (non-hydrogen) atoms. The van der Waals surface area contributed by atoms with Crippen molar-refractivity contribution in [2.45, 2.75) is 12.8 Å². The highest BCUT2D eigenvalue weighted by molar-refractivity contribution is 9.10. The van der Waals surface area contributed by atoms with E-state index in [1.807, 2.05) is 0 Å². The Morgan fingerprint density at radius 2 is 2.11 bits per heavy atom. The number of halogens is 4.